The number of aliphatic hydroxyl groups is 1. The molecule has 0 spiro atoms. The van der Waals surface area contributed by atoms with E-state index in [1.807, 2.05) is 0 Å². The number of Topliss-reactive ketones (excluding diaryl/α,β-unsaturated/α-hetero) is 1. The van der Waals surface area contributed by atoms with E-state index in [9.17, 15) is 14.7 Å². The molecular formula is C14H16N2O4. The molecule has 0 amide bonds. The van der Waals surface area contributed by atoms with Crippen LogP contribution >= 0.6 is 0 Å². The van der Waals surface area contributed by atoms with Gasteiger partial charge >= 0.3 is 5.97 Å². The number of azo groups is 1. The Hall–Kier alpha value is -2.50. The van der Waals surface area contributed by atoms with E-state index in [0.29, 0.717) is 11.3 Å². The number of benzene rings is 1. The number of hydrogen-bond donors (Lipinski definition) is 1. The lowest BCUT2D eigenvalue weighted by Crippen LogP contribution is -2.03. The summed E-state index contributed by atoms with van der Waals surface area (Å²) >= 11 is 0. The van der Waals surface area contributed by atoms with Gasteiger partial charge in [-0.25, -0.2) is 4.79 Å². The molecule has 6 heteroatoms. The fourth-order valence-electron chi connectivity index (χ4n) is 1.41. The smallest absolute Gasteiger partial charge is 0.338 e. The summed E-state index contributed by atoms with van der Waals surface area (Å²) < 4.78 is 4.87. The van der Waals surface area contributed by atoms with Gasteiger partial charge in [-0.05, 0) is 32.0 Å². The third kappa shape index (κ3) is 4.31. The molecular weight excluding hydrogens is 260 g/mol. The first-order chi connectivity index (χ1) is 9.45. The van der Waals surface area contributed by atoms with E-state index in [0.717, 1.165) is 0 Å². The van der Waals surface area contributed by atoms with Gasteiger partial charge in [0.25, 0.3) is 0 Å². The second-order valence-electron chi connectivity index (χ2n) is 3.96. The average Bonchev–Trinajstić information content (AvgIpc) is 2.38. The van der Waals surface area contributed by atoms with Crippen LogP contribution in [0.15, 0.2) is 46.0 Å². The van der Waals surface area contributed by atoms with Crippen molar-refractivity contribution in [3.05, 3.63) is 41.3 Å². The zero-order chi connectivity index (χ0) is 15.1. The van der Waals surface area contributed by atoms with Gasteiger partial charge in [-0.15, -0.1) is 5.11 Å². The molecule has 0 bridgehead atoms. The molecule has 0 unspecified atom stereocenters. The number of esters is 1. The number of ether oxygens (including phenoxy) is 1. The molecule has 0 heterocycles. The highest BCUT2D eigenvalue weighted by molar-refractivity contribution is 5.93. The van der Waals surface area contributed by atoms with E-state index in [2.05, 4.69) is 10.2 Å². The maximum absolute atomic E-state index is 11.6. The zero-order valence-electron chi connectivity index (χ0n) is 11.6. The van der Waals surface area contributed by atoms with Crippen molar-refractivity contribution >= 4 is 17.4 Å². The highest BCUT2D eigenvalue weighted by atomic mass is 16.5. The quantitative estimate of drug-likeness (QED) is 0.386. The summed E-state index contributed by atoms with van der Waals surface area (Å²) in [5.74, 6) is -1.05. The molecule has 1 aromatic carbocycles. The van der Waals surface area contributed by atoms with Crippen LogP contribution in [0.2, 0.25) is 0 Å². The van der Waals surface area contributed by atoms with Gasteiger partial charge in [0, 0.05) is 6.92 Å². The molecule has 1 aromatic rings. The van der Waals surface area contributed by atoms with E-state index in [1.54, 1.807) is 25.1 Å². The molecule has 0 saturated heterocycles. The Labute approximate surface area is 116 Å². The first kappa shape index (κ1) is 15.6. The molecule has 0 aliphatic heterocycles. The average molecular weight is 276 g/mol. The molecule has 1 rings (SSSR count). The van der Waals surface area contributed by atoms with Crippen molar-refractivity contribution in [2.45, 2.75) is 20.8 Å². The summed E-state index contributed by atoms with van der Waals surface area (Å²) in [5, 5.41) is 16.8. The van der Waals surface area contributed by atoms with Crippen molar-refractivity contribution in [2.75, 3.05) is 6.61 Å². The Bertz CT molecular complexity index is 572. The van der Waals surface area contributed by atoms with E-state index in [4.69, 9.17) is 4.74 Å². The van der Waals surface area contributed by atoms with E-state index in [1.165, 1.54) is 19.9 Å². The van der Waals surface area contributed by atoms with Crippen LogP contribution in [-0.4, -0.2) is 23.5 Å². The molecule has 0 atom stereocenters. The number of ketones is 1. The third-order valence-corrected chi connectivity index (χ3v) is 2.30. The molecule has 0 saturated carbocycles. The predicted molar refractivity (Wildman–Crippen MR) is 72.9 cm³/mol. The lowest BCUT2D eigenvalue weighted by atomic mass is 10.2. The molecule has 6 nitrogen and oxygen atoms in total. The van der Waals surface area contributed by atoms with Crippen LogP contribution in [0.1, 0.15) is 31.1 Å². The number of allylic oxidation sites excluding steroid dienone is 2. The number of aliphatic hydroxyl groups excluding tert-OH is 1. The number of rotatable bonds is 5. The number of hydrogen-bond acceptors (Lipinski definition) is 6. The summed E-state index contributed by atoms with van der Waals surface area (Å²) in [6.07, 6.45) is 0. The Kier molecular flexibility index (Phi) is 5.58. The van der Waals surface area contributed by atoms with Crippen LogP contribution in [0.3, 0.4) is 0 Å². The summed E-state index contributed by atoms with van der Waals surface area (Å²) in [7, 11) is 0. The highest BCUT2D eigenvalue weighted by Gasteiger charge is 2.08. The molecule has 20 heavy (non-hydrogen) atoms. The Morgan fingerprint density at radius 1 is 1.30 bits per heavy atom. The second kappa shape index (κ2) is 7.18. The van der Waals surface area contributed by atoms with Crippen molar-refractivity contribution in [2.24, 2.45) is 10.2 Å². The monoisotopic (exact) mass is 276 g/mol. The molecule has 1 N–H and O–H groups in total. The van der Waals surface area contributed by atoms with Gasteiger partial charge in [-0.2, -0.15) is 5.11 Å². The zero-order valence-corrected chi connectivity index (χ0v) is 11.6. The first-order valence-corrected chi connectivity index (χ1v) is 6.05. The van der Waals surface area contributed by atoms with E-state index in [-0.39, 0.29) is 18.1 Å². The molecule has 0 aliphatic carbocycles. The SMILES string of the molecule is CCOC(=O)c1cccc(N=N/C(C(C)=O)=C(/C)O)c1. The normalized spacial score (nSPS) is 12.2. The standard InChI is InChI=1S/C14H16N2O4/c1-4-20-14(19)11-6-5-7-12(8-11)15-16-13(9(2)17)10(3)18/h5-8,17H,4H2,1-3H3/b13-9-,16-15?. The lowest BCUT2D eigenvalue weighted by Gasteiger charge is -2.02. The molecule has 0 aliphatic rings. The molecule has 0 radical (unpaired) electrons. The van der Waals surface area contributed by atoms with Gasteiger partial charge in [-0.1, -0.05) is 6.07 Å². The van der Waals surface area contributed by atoms with Crippen LogP contribution in [0.5, 0.6) is 0 Å². The number of carbonyl (C=O) groups is 2. The van der Waals surface area contributed by atoms with Gasteiger partial charge in [0.1, 0.15) is 5.76 Å². The minimum atomic E-state index is -0.453. The van der Waals surface area contributed by atoms with Crippen LogP contribution < -0.4 is 0 Å². The fraction of sp³-hybridized carbons (Fsp3) is 0.286. The van der Waals surface area contributed by atoms with Crippen molar-refractivity contribution < 1.29 is 19.4 Å². The van der Waals surface area contributed by atoms with Crippen molar-refractivity contribution in [3.8, 4) is 0 Å². The van der Waals surface area contributed by atoms with Gasteiger partial charge in [0.15, 0.2) is 11.5 Å². The van der Waals surface area contributed by atoms with Crippen molar-refractivity contribution in [1.29, 1.82) is 0 Å². The van der Waals surface area contributed by atoms with Gasteiger partial charge < -0.3 is 9.84 Å². The minimum Gasteiger partial charge on any atom is -0.510 e. The summed E-state index contributed by atoms with van der Waals surface area (Å²) in [6, 6.07) is 6.34. The Morgan fingerprint density at radius 2 is 2.00 bits per heavy atom. The second-order valence-corrected chi connectivity index (χ2v) is 3.96. The predicted octanol–water partition coefficient (Wildman–Crippen LogP) is 3.33. The van der Waals surface area contributed by atoms with Crippen molar-refractivity contribution in [3.63, 3.8) is 0 Å². The van der Waals surface area contributed by atoms with Crippen LogP contribution in [-0.2, 0) is 9.53 Å². The van der Waals surface area contributed by atoms with Crippen LogP contribution in [0.25, 0.3) is 0 Å². The third-order valence-electron chi connectivity index (χ3n) is 2.30. The van der Waals surface area contributed by atoms with Crippen LogP contribution in [0, 0.1) is 0 Å². The highest BCUT2D eigenvalue weighted by Crippen LogP contribution is 2.17. The topological polar surface area (TPSA) is 88.3 Å². The summed E-state index contributed by atoms with van der Waals surface area (Å²) in [6.45, 7) is 4.63. The summed E-state index contributed by atoms with van der Waals surface area (Å²) in [5.41, 5.74) is 0.611. The van der Waals surface area contributed by atoms with Gasteiger partial charge in [-0.3, -0.25) is 4.79 Å². The fourth-order valence-corrected chi connectivity index (χ4v) is 1.41. The number of carbonyl (C=O) groups excluding carboxylic acids is 2. The largest absolute Gasteiger partial charge is 0.510 e. The van der Waals surface area contributed by atoms with Gasteiger partial charge in [0.2, 0.25) is 0 Å². The minimum absolute atomic E-state index is 0.119. The van der Waals surface area contributed by atoms with E-state index < -0.39 is 11.8 Å². The number of nitrogens with zero attached hydrogens (tertiary/aromatic N) is 2. The first-order valence-electron chi connectivity index (χ1n) is 6.05. The molecule has 0 fully saturated rings. The molecule has 0 aromatic heterocycles. The van der Waals surface area contributed by atoms with Crippen LogP contribution in [0.4, 0.5) is 5.69 Å². The van der Waals surface area contributed by atoms with E-state index >= 15 is 0 Å². The summed E-state index contributed by atoms with van der Waals surface area (Å²) in [4.78, 5) is 22.8. The molecule has 106 valence electrons. The van der Waals surface area contributed by atoms with Gasteiger partial charge in [0.05, 0.1) is 17.9 Å². The maximum atomic E-state index is 11.6. The Balaban J connectivity index is 2.99. The lowest BCUT2D eigenvalue weighted by molar-refractivity contribution is -0.113. The maximum Gasteiger partial charge on any atom is 0.338 e. The Morgan fingerprint density at radius 3 is 2.55 bits per heavy atom. The van der Waals surface area contributed by atoms with Crippen molar-refractivity contribution in [1.82, 2.24) is 0 Å².